The van der Waals surface area contributed by atoms with Gasteiger partial charge in [0.15, 0.2) is 0 Å². The average Bonchev–Trinajstić information content (AvgIpc) is 3.10. The Balaban J connectivity index is 1.76. The molecule has 2 aromatic rings. The van der Waals surface area contributed by atoms with Gasteiger partial charge in [-0.3, -0.25) is 4.79 Å². The van der Waals surface area contributed by atoms with Crippen molar-refractivity contribution < 1.29 is 22.7 Å². The van der Waals surface area contributed by atoms with Gasteiger partial charge >= 0.3 is 6.18 Å². The minimum Gasteiger partial charge on any atom is -0.372 e. The van der Waals surface area contributed by atoms with Crippen molar-refractivity contribution in [3.8, 4) is 5.69 Å². The molecule has 0 aromatic carbocycles. The Kier molecular flexibility index (Phi) is 5.44. The minimum absolute atomic E-state index is 0.0793. The number of aromatic nitrogens is 4. The highest BCUT2D eigenvalue weighted by Gasteiger charge is 2.27. The van der Waals surface area contributed by atoms with Gasteiger partial charge in [-0.05, 0) is 28.3 Å². The fraction of sp³-hybridized carbons (Fsp3) is 0.455. The van der Waals surface area contributed by atoms with Gasteiger partial charge < -0.3 is 10.1 Å². The number of hydrogen-bond acceptors (Lipinski definition) is 6. The van der Waals surface area contributed by atoms with Crippen LogP contribution in [0.2, 0.25) is 0 Å². The van der Waals surface area contributed by atoms with Crippen molar-refractivity contribution >= 4 is 17.2 Å². The van der Waals surface area contributed by atoms with Gasteiger partial charge in [0.2, 0.25) is 0 Å². The fourth-order valence-corrected chi connectivity index (χ4v) is 2.36. The number of amides is 1. The monoisotopic (exact) mass is 335 g/mol. The summed E-state index contributed by atoms with van der Waals surface area (Å²) < 4.78 is 41.3. The lowest BCUT2D eigenvalue weighted by Crippen LogP contribution is -2.26. The molecule has 2 heterocycles. The number of nitrogens with zero attached hydrogens (tertiary/aromatic N) is 4. The second-order valence-corrected chi connectivity index (χ2v) is 5.08. The Labute approximate surface area is 127 Å². The van der Waals surface area contributed by atoms with Gasteiger partial charge in [-0.25, -0.2) is 0 Å². The SMILES string of the molecule is O=C(NCCCOCC(F)(F)F)c1sccc1-n1cnnn1. The standard InChI is InChI=1S/C11H12F3N5O2S/c12-11(13,14)6-21-4-1-3-15-10(20)9-8(2-5-22-9)19-7-16-17-18-19/h2,5,7H,1,3-4,6H2,(H,15,20). The first-order chi connectivity index (χ1) is 10.5. The van der Waals surface area contributed by atoms with Crippen LogP contribution in [0.5, 0.6) is 0 Å². The van der Waals surface area contributed by atoms with Crippen LogP contribution in [0.4, 0.5) is 13.2 Å². The first-order valence-electron chi connectivity index (χ1n) is 6.21. The maximum absolute atomic E-state index is 12.0. The molecule has 22 heavy (non-hydrogen) atoms. The fourth-order valence-electron chi connectivity index (χ4n) is 1.57. The number of hydrogen-bond donors (Lipinski definition) is 1. The lowest BCUT2D eigenvalue weighted by atomic mass is 10.3. The van der Waals surface area contributed by atoms with Crippen molar-refractivity contribution in [1.29, 1.82) is 0 Å². The number of alkyl halides is 3. The molecule has 120 valence electrons. The van der Waals surface area contributed by atoms with Crippen LogP contribution in [0.15, 0.2) is 17.8 Å². The third kappa shape index (κ3) is 4.77. The quantitative estimate of drug-likeness (QED) is 0.774. The first-order valence-corrected chi connectivity index (χ1v) is 7.09. The van der Waals surface area contributed by atoms with E-state index in [4.69, 9.17) is 0 Å². The van der Waals surface area contributed by atoms with Crippen LogP contribution < -0.4 is 5.32 Å². The molecule has 11 heteroatoms. The number of rotatable bonds is 7. The third-order valence-electron chi connectivity index (χ3n) is 2.46. The molecule has 0 saturated heterocycles. The molecular weight excluding hydrogens is 323 g/mol. The molecule has 0 bridgehead atoms. The average molecular weight is 335 g/mol. The number of nitrogens with one attached hydrogen (secondary N) is 1. The Hall–Kier alpha value is -2.01. The van der Waals surface area contributed by atoms with Crippen molar-refractivity contribution in [3.63, 3.8) is 0 Å². The van der Waals surface area contributed by atoms with Crippen molar-refractivity contribution in [2.75, 3.05) is 19.8 Å². The van der Waals surface area contributed by atoms with Gasteiger partial charge in [0.05, 0.1) is 5.69 Å². The van der Waals surface area contributed by atoms with Crippen molar-refractivity contribution in [2.45, 2.75) is 12.6 Å². The molecule has 1 N–H and O–H groups in total. The number of tetrazole rings is 1. The second-order valence-electron chi connectivity index (χ2n) is 4.17. The number of ether oxygens (including phenoxy) is 1. The Bertz CT molecular complexity index is 599. The maximum atomic E-state index is 12.0. The molecule has 0 saturated carbocycles. The molecule has 0 radical (unpaired) electrons. The zero-order chi connectivity index (χ0) is 16.0. The minimum atomic E-state index is -4.33. The molecule has 1 amide bonds. The van der Waals surface area contributed by atoms with Crippen LogP contribution >= 0.6 is 11.3 Å². The van der Waals surface area contributed by atoms with E-state index >= 15 is 0 Å². The molecule has 0 spiro atoms. The highest BCUT2D eigenvalue weighted by atomic mass is 32.1. The third-order valence-corrected chi connectivity index (χ3v) is 3.37. The summed E-state index contributed by atoms with van der Waals surface area (Å²) in [5.41, 5.74) is 0.542. The number of halogens is 3. The van der Waals surface area contributed by atoms with Gasteiger partial charge in [-0.15, -0.1) is 16.4 Å². The topological polar surface area (TPSA) is 81.9 Å². The number of thiophene rings is 1. The zero-order valence-electron chi connectivity index (χ0n) is 11.2. The summed E-state index contributed by atoms with van der Waals surface area (Å²) in [7, 11) is 0. The maximum Gasteiger partial charge on any atom is 0.411 e. The van der Waals surface area contributed by atoms with Crippen LogP contribution in [0, 0.1) is 0 Å². The summed E-state index contributed by atoms with van der Waals surface area (Å²) in [6, 6.07) is 1.70. The summed E-state index contributed by atoms with van der Waals surface area (Å²) >= 11 is 1.22. The van der Waals surface area contributed by atoms with Crippen LogP contribution in [0.25, 0.3) is 5.69 Å². The van der Waals surface area contributed by atoms with Crippen molar-refractivity contribution in [2.24, 2.45) is 0 Å². The van der Waals surface area contributed by atoms with E-state index in [0.717, 1.165) is 0 Å². The Morgan fingerprint density at radius 1 is 1.45 bits per heavy atom. The van der Waals surface area contributed by atoms with E-state index in [9.17, 15) is 18.0 Å². The van der Waals surface area contributed by atoms with Crippen LogP contribution in [-0.2, 0) is 4.74 Å². The molecule has 7 nitrogen and oxygen atoms in total. The molecule has 0 unspecified atom stereocenters. The van der Waals surface area contributed by atoms with Crippen molar-refractivity contribution in [3.05, 3.63) is 22.7 Å². The van der Waals surface area contributed by atoms with Gasteiger partial charge in [0.25, 0.3) is 5.91 Å². The lowest BCUT2D eigenvalue weighted by molar-refractivity contribution is -0.173. The molecular formula is C11H12F3N5O2S. The van der Waals surface area contributed by atoms with Crippen LogP contribution in [-0.4, -0.2) is 52.0 Å². The van der Waals surface area contributed by atoms with E-state index in [1.54, 1.807) is 11.4 Å². The van der Waals surface area contributed by atoms with Gasteiger partial charge in [0, 0.05) is 13.2 Å². The van der Waals surface area contributed by atoms with Gasteiger partial charge in [0.1, 0.15) is 17.8 Å². The van der Waals surface area contributed by atoms with E-state index in [1.807, 2.05) is 0 Å². The largest absolute Gasteiger partial charge is 0.411 e. The van der Waals surface area contributed by atoms with Crippen LogP contribution in [0.1, 0.15) is 16.1 Å². The molecule has 0 atom stereocenters. The van der Waals surface area contributed by atoms with Gasteiger partial charge in [-0.2, -0.15) is 17.9 Å². The van der Waals surface area contributed by atoms with E-state index in [1.165, 1.54) is 22.3 Å². The van der Waals surface area contributed by atoms with E-state index < -0.39 is 12.8 Å². The molecule has 0 aliphatic carbocycles. The van der Waals surface area contributed by atoms with Crippen LogP contribution in [0.3, 0.4) is 0 Å². The van der Waals surface area contributed by atoms with Gasteiger partial charge in [-0.1, -0.05) is 0 Å². The molecule has 0 fully saturated rings. The molecule has 0 aliphatic rings. The van der Waals surface area contributed by atoms with Crippen molar-refractivity contribution in [1.82, 2.24) is 25.5 Å². The summed E-state index contributed by atoms with van der Waals surface area (Å²) in [5, 5.41) is 15.0. The Morgan fingerprint density at radius 2 is 2.27 bits per heavy atom. The van der Waals surface area contributed by atoms with E-state index in [0.29, 0.717) is 10.6 Å². The molecule has 2 rings (SSSR count). The number of carbonyl (C=O) groups excluding carboxylic acids is 1. The molecule has 2 aromatic heterocycles. The molecule has 0 aliphatic heterocycles. The second kappa shape index (κ2) is 7.31. The summed E-state index contributed by atoms with van der Waals surface area (Å²) in [6.07, 6.45) is -2.68. The summed E-state index contributed by atoms with van der Waals surface area (Å²) in [5.74, 6) is -0.337. The predicted octanol–water partition coefficient (Wildman–Crippen LogP) is 1.42. The highest BCUT2D eigenvalue weighted by Crippen LogP contribution is 2.19. The Morgan fingerprint density at radius 3 is 2.95 bits per heavy atom. The normalized spacial score (nSPS) is 11.6. The zero-order valence-corrected chi connectivity index (χ0v) is 12.0. The summed E-state index contributed by atoms with van der Waals surface area (Å²) in [4.78, 5) is 12.4. The smallest absolute Gasteiger partial charge is 0.372 e. The first kappa shape index (κ1) is 16.4. The lowest BCUT2D eigenvalue weighted by Gasteiger charge is -2.08. The van der Waals surface area contributed by atoms with E-state index in [2.05, 4.69) is 25.6 Å². The summed E-state index contributed by atoms with van der Waals surface area (Å²) in [6.45, 7) is -1.15. The highest BCUT2D eigenvalue weighted by molar-refractivity contribution is 7.12. The predicted molar refractivity (Wildman–Crippen MR) is 70.9 cm³/mol. The number of carbonyl (C=O) groups is 1. The van der Waals surface area contributed by atoms with E-state index in [-0.39, 0.29) is 25.5 Å².